The Hall–Kier alpha value is -1.31. The molecular formula is C15H18ClF3N2O2. The maximum Gasteiger partial charge on any atom is 0.416 e. The smallest absolute Gasteiger partial charge is 0.416 e. The van der Waals surface area contributed by atoms with E-state index in [-0.39, 0.29) is 16.9 Å². The molecule has 2 rings (SSSR count). The molecular weight excluding hydrogens is 333 g/mol. The second kappa shape index (κ2) is 7.51. The number of halogens is 4. The molecule has 2 N–H and O–H groups in total. The number of hydrogen-bond acceptors (Lipinski definition) is 4. The van der Waals surface area contributed by atoms with E-state index < -0.39 is 17.8 Å². The van der Waals surface area contributed by atoms with E-state index in [2.05, 4.69) is 0 Å². The number of nitrogens with zero attached hydrogens (tertiary/aromatic N) is 1. The minimum Gasteiger partial charge on any atom is -0.489 e. The van der Waals surface area contributed by atoms with E-state index in [1.807, 2.05) is 4.90 Å². The summed E-state index contributed by atoms with van der Waals surface area (Å²) in [6.45, 7) is 1.81. The average Bonchev–Trinajstić information content (AvgIpc) is 2.50. The SMILES string of the molecule is NC(C=O)CN1CCC(Oc2cc(C(F)(F)F)ccc2Cl)CC1. The maximum atomic E-state index is 12.7. The highest BCUT2D eigenvalue weighted by Crippen LogP contribution is 2.35. The van der Waals surface area contributed by atoms with Gasteiger partial charge in [0.1, 0.15) is 18.1 Å². The van der Waals surface area contributed by atoms with Crippen LogP contribution in [0.3, 0.4) is 0 Å². The van der Waals surface area contributed by atoms with E-state index in [0.29, 0.717) is 38.8 Å². The third-order valence-corrected chi connectivity index (χ3v) is 4.04. The van der Waals surface area contributed by atoms with E-state index in [1.54, 1.807) is 0 Å². The fourth-order valence-corrected chi connectivity index (χ4v) is 2.66. The number of piperidine rings is 1. The Morgan fingerprint density at radius 1 is 1.39 bits per heavy atom. The van der Waals surface area contributed by atoms with Crippen molar-refractivity contribution in [3.05, 3.63) is 28.8 Å². The Kier molecular flexibility index (Phi) is 5.89. The second-order valence-electron chi connectivity index (χ2n) is 5.56. The van der Waals surface area contributed by atoms with Gasteiger partial charge >= 0.3 is 6.18 Å². The molecule has 1 aromatic carbocycles. The number of aldehydes is 1. The van der Waals surface area contributed by atoms with Crippen LogP contribution in [-0.2, 0) is 11.0 Å². The highest BCUT2D eigenvalue weighted by molar-refractivity contribution is 6.32. The van der Waals surface area contributed by atoms with E-state index in [4.69, 9.17) is 22.1 Å². The van der Waals surface area contributed by atoms with Gasteiger partial charge in [-0.05, 0) is 31.0 Å². The Morgan fingerprint density at radius 2 is 2.04 bits per heavy atom. The molecule has 0 bridgehead atoms. The van der Waals surface area contributed by atoms with E-state index in [1.165, 1.54) is 6.07 Å². The molecule has 0 aliphatic carbocycles. The molecule has 1 aliphatic rings. The van der Waals surface area contributed by atoms with Crippen LogP contribution in [0.25, 0.3) is 0 Å². The van der Waals surface area contributed by atoms with Crippen molar-refractivity contribution in [2.24, 2.45) is 5.73 Å². The molecule has 1 aromatic rings. The van der Waals surface area contributed by atoms with E-state index in [9.17, 15) is 18.0 Å². The standard InChI is InChI=1S/C15H18ClF3N2O2/c16-13-2-1-10(15(17,18)19)7-14(13)23-12-3-5-21(6-4-12)8-11(20)9-22/h1-2,7,9,11-12H,3-6,8,20H2. The van der Waals surface area contributed by atoms with Gasteiger partial charge in [-0.2, -0.15) is 13.2 Å². The number of hydrogen-bond donors (Lipinski definition) is 1. The number of carbonyl (C=O) groups excluding carboxylic acids is 1. The number of rotatable bonds is 5. The third kappa shape index (κ3) is 5.09. The molecule has 1 atom stereocenters. The molecule has 8 heteroatoms. The van der Waals surface area contributed by atoms with Gasteiger partial charge in [0, 0.05) is 19.6 Å². The summed E-state index contributed by atoms with van der Waals surface area (Å²) in [5, 5.41) is 0.156. The number of nitrogens with two attached hydrogens (primary N) is 1. The number of carbonyl (C=O) groups is 1. The molecule has 128 valence electrons. The molecule has 1 unspecified atom stereocenters. The highest BCUT2D eigenvalue weighted by atomic mass is 35.5. The first-order chi connectivity index (χ1) is 10.8. The molecule has 1 fully saturated rings. The number of ether oxygens (including phenoxy) is 1. The van der Waals surface area contributed by atoms with Crippen molar-refractivity contribution in [3.8, 4) is 5.75 Å². The third-order valence-electron chi connectivity index (χ3n) is 3.73. The lowest BCUT2D eigenvalue weighted by Crippen LogP contribution is -2.44. The summed E-state index contributed by atoms with van der Waals surface area (Å²) < 4.78 is 43.9. The van der Waals surface area contributed by atoms with Gasteiger partial charge in [0.25, 0.3) is 0 Å². The highest BCUT2D eigenvalue weighted by Gasteiger charge is 2.31. The number of likely N-dealkylation sites (tertiary alicyclic amines) is 1. The number of alkyl halides is 3. The monoisotopic (exact) mass is 350 g/mol. The fourth-order valence-electron chi connectivity index (χ4n) is 2.50. The molecule has 23 heavy (non-hydrogen) atoms. The lowest BCUT2D eigenvalue weighted by atomic mass is 10.1. The normalized spacial score (nSPS) is 18.7. The van der Waals surface area contributed by atoms with Gasteiger partial charge in [0.05, 0.1) is 16.6 Å². The topological polar surface area (TPSA) is 55.6 Å². The molecule has 0 radical (unpaired) electrons. The van der Waals surface area contributed by atoms with Gasteiger partial charge in [-0.25, -0.2) is 0 Å². The second-order valence-corrected chi connectivity index (χ2v) is 5.97. The molecule has 1 aliphatic heterocycles. The van der Waals surface area contributed by atoms with Crippen LogP contribution in [0.2, 0.25) is 5.02 Å². The summed E-state index contributed by atoms with van der Waals surface area (Å²) in [5.74, 6) is 0.0459. The maximum absolute atomic E-state index is 12.7. The Labute approximate surface area is 137 Å². The van der Waals surface area contributed by atoms with Crippen LogP contribution in [0.15, 0.2) is 18.2 Å². The van der Waals surface area contributed by atoms with Crippen LogP contribution < -0.4 is 10.5 Å². The van der Waals surface area contributed by atoms with Gasteiger partial charge in [0.15, 0.2) is 0 Å². The lowest BCUT2D eigenvalue weighted by molar-refractivity contribution is -0.137. The van der Waals surface area contributed by atoms with Crippen LogP contribution in [0.4, 0.5) is 13.2 Å². The molecule has 0 saturated carbocycles. The largest absolute Gasteiger partial charge is 0.489 e. The van der Waals surface area contributed by atoms with Gasteiger partial charge in [0.2, 0.25) is 0 Å². The summed E-state index contributed by atoms with van der Waals surface area (Å²) in [7, 11) is 0. The minimum absolute atomic E-state index is 0.0459. The summed E-state index contributed by atoms with van der Waals surface area (Å²) in [6.07, 6.45) is -2.67. The van der Waals surface area contributed by atoms with Gasteiger partial charge in [-0.1, -0.05) is 11.6 Å². The van der Waals surface area contributed by atoms with Crippen LogP contribution in [0.5, 0.6) is 5.75 Å². The van der Waals surface area contributed by atoms with Crippen molar-refractivity contribution in [2.75, 3.05) is 19.6 Å². The summed E-state index contributed by atoms with van der Waals surface area (Å²) >= 11 is 5.92. The fraction of sp³-hybridized carbons (Fsp3) is 0.533. The van der Waals surface area contributed by atoms with E-state index in [0.717, 1.165) is 12.1 Å². The molecule has 0 amide bonds. The predicted octanol–water partition coefficient (Wildman–Crippen LogP) is 2.73. The summed E-state index contributed by atoms with van der Waals surface area (Å²) in [6, 6.07) is 2.53. The summed E-state index contributed by atoms with van der Waals surface area (Å²) in [4.78, 5) is 12.6. The minimum atomic E-state index is -4.43. The molecule has 1 heterocycles. The zero-order valence-corrected chi connectivity index (χ0v) is 13.1. The van der Waals surface area contributed by atoms with Crippen LogP contribution in [0.1, 0.15) is 18.4 Å². The molecule has 4 nitrogen and oxygen atoms in total. The molecule has 0 aromatic heterocycles. The van der Waals surface area contributed by atoms with Crippen molar-refractivity contribution in [2.45, 2.75) is 31.2 Å². The number of benzene rings is 1. The van der Waals surface area contributed by atoms with Gasteiger partial charge < -0.3 is 20.2 Å². The lowest BCUT2D eigenvalue weighted by Gasteiger charge is -2.33. The van der Waals surface area contributed by atoms with Crippen molar-refractivity contribution in [3.63, 3.8) is 0 Å². The van der Waals surface area contributed by atoms with Crippen LogP contribution >= 0.6 is 11.6 Å². The van der Waals surface area contributed by atoms with Gasteiger partial charge in [-0.15, -0.1) is 0 Å². The first kappa shape index (κ1) is 18.0. The first-order valence-electron chi connectivity index (χ1n) is 7.26. The molecule has 0 spiro atoms. The quantitative estimate of drug-likeness (QED) is 0.830. The average molecular weight is 351 g/mol. The van der Waals surface area contributed by atoms with Crippen LogP contribution in [-0.4, -0.2) is 43.0 Å². The Balaban J connectivity index is 1.95. The first-order valence-corrected chi connectivity index (χ1v) is 7.64. The summed E-state index contributed by atoms with van der Waals surface area (Å²) in [5.41, 5.74) is 4.79. The van der Waals surface area contributed by atoms with Crippen LogP contribution in [0, 0.1) is 0 Å². The van der Waals surface area contributed by atoms with Crippen molar-refractivity contribution in [1.82, 2.24) is 4.90 Å². The zero-order chi connectivity index (χ0) is 17.0. The molecule has 1 saturated heterocycles. The van der Waals surface area contributed by atoms with Crippen molar-refractivity contribution >= 4 is 17.9 Å². The van der Waals surface area contributed by atoms with Gasteiger partial charge in [-0.3, -0.25) is 0 Å². The van der Waals surface area contributed by atoms with Crippen molar-refractivity contribution in [1.29, 1.82) is 0 Å². The van der Waals surface area contributed by atoms with E-state index >= 15 is 0 Å². The Morgan fingerprint density at radius 3 is 2.61 bits per heavy atom. The van der Waals surface area contributed by atoms with Crippen molar-refractivity contribution < 1.29 is 22.7 Å². The Bertz CT molecular complexity index is 546. The predicted molar refractivity (Wildman–Crippen MR) is 80.6 cm³/mol. The zero-order valence-electron chi connectivity index (χ0n) is 12.4.